The van der Waals surface area contributed by atoms with Crippen LogP contribution in [0.2, 0.25) is 0 Å². The van der Waals surface area contributed by atoms with Gasteiger partial charge in [-0.25, -0.2) is 4.79 Å². The molecule has 0 spiro atoms. The van der Waals surface area contributed by atoms with Crippen LogP contribution in [0.25, 0.3) is 0 Å². The second-order valence-electron chi connectivity index (χ2n) is 2.09. The zero-order valence-corrected chi connectivity index (χ0v) is 6.98. The fourth-order valence-corrected chi connectivity index (χ4v) is 0. The molecule has 10 heavy (non-hydrogen) atoms. The molecule has 0 radical (unpaired) electrons. The first kappa shape index (κ1) is 11.9. The second-order valence-corrected chi connectivity index (χ2v) is 2.09. The van der Waals surface area contributed by atoms with Crippen LogP contribution < -0.4 is 0 Å². The fraction of sp³-hybridized carbons (Fsp3) is 0.625. The quantitative estimate of drug-likeness (QED) is 0.604. The fourth-order valence-electron chi connectivity index (χ4n) is 0. The lowest BCUT2D eigenvalue weighted by atomic mass is 10.4. The first-order valence-electron chi connectivity index (χ1n) is 3.45. The van der Waals surface area contributed by atoms with E-state index in [4.69, 9.17) is 5.11 Å². The van der Waals surface area contributed by atoms with Gasteiger partial charge in [0.05, 0.1) is 0 Å². The number of rotatable bonds is 2. The van der Waals surface area contributed by atoms with Crippen LogP contribution in [0, 0.1) is 0 Å². The number of hydrogen-bond acceptors (Lipinski definition) is 1. The van der Waals surface area contributed by atoms with Gasteiger partial charge in [-0.2, -0.15) is 0 Å². The van der Waals surface area contributed by atoms with Crippen molar-refractivity contribution in [3.63, 3.8) is 0 Å². The third-order valence-electron chi connectivity index (χ3n) is 0.865. The minimum absolute atomic E-state index is 0.176. The Labute approximate surface area is 62.6 Å². The molecule has 0 unspecified atom stereocenters. The molecule has 0 aliphatic heterocycles. The molecule has 0 aromatic heterocycles. The van der Waals surface area contributed by atoms with E-state index >= 15 is 0 Å². The highest BCUT2D eigenvalue weighted by atomic mass is 16.4. The van der Waals surface area contributed by atoms with Crippen molar-refractivity contribution >= 4 is 5.97 Å². The molecule has 2 heteroatoms. The standard InChI is InChI=1S/C4H6O2.C4H10/c1-3(2)4(5)6;1-3-4-2/h1H2,2H3,(H,5,6);3-4H2,1-2H3. The highest BCUT2D eigenvalue weighted by molar-refractivity contribution is 5.84. The number of carboxylic acid groups (broad SMARTS) is 1. The summed E-state index contributed by atoms with van der Waals surface area (Å²) in [6.07, 6.45) is 2.64. The monoisotopic (exact) mass is 144 g/mol. The van der Waals surface area contributed by atoms with Gasteiger partial charge in [-0.3, -0.25) is 0 Å². The smallest absolute Gasteiger partial charge is 0.330 e. The molecule has 60 valence electrons. The maximum Gasteiger partial charge on any atom is 0.330 e. The van der Waals surface area contributed by atoms with Crippen molar-refractivity contribution in [2.24, 2.45) is 0 Å². The highest BCUT2D eigenvalue weighted by Gasteiger charge is 1.90. The molecular weight excluding hydrogens is 128 g/mol. The van der Waals surface area contributed by atoms with E-state index in [2.05, 4.69) is 20.4 Å². The Morgan fingerprint density at radius 1 is 1.40 bits per heavy atom. The van der Waals surface area contributed by atoms with E-state index in [1.54, 1.807) is 0 Å². The topological polar surface area (TPSA) is 37.3 Å². The average molecular weight is 144 g/mol. The summed E-state index contributed by atoms with van der Waals surface area (Å²) in [5.41, 5.74) is 0.176. The Bertz CT molecular complexity index is 91.8. The summed E-state index contributed by atoms with van der Waals surface area (Å²) < 4.78 is 0. The van der Waals surface area contributed by atoms with Crippen LogP contribution in [0.4, 0.5) is 0 Å². The van der Waals surface area contributed by atoms with Gasteiger partial charge in [0.25, 0.3) is 0 Å². The van der Waals surface area contributed by atoms with Crippen molar-refractivity contribution in [3.8, 4) is 0 Å². The minimum atomic E-state index is -0.935. The van der Waals surface area contributed by atoms with Crippen molar-refractivity contribution in [1.82, 2.24) is 0 Å². The normalized spacial score (nSPS) is 7.50. The van der Waals surface area contributed by atoms with Gasteiger partial charge in [-0.05, 0) is 6.92 Å². The van der Waals surface area contributed by atoms with Crippen LogP contribution in [-0.2, 0) is 4.79 Å². The maximum atomic E-state index is 9.60. The van der Waals surface area contributed by atoms with Crippen LogP contribution in [0.3, 0.4) is 0 Å². The Balaban J connectivity index is 0. The largest absolute Gasteiger partial charge is 0.478 e. The van der Waals surface area contributed by atoms with Gasteiger partial charge >= 0.3 is 5.97 Å². The van der Waals surface area contributed by atoms with E-state index < -0.39 is 5.97 Å². The first-order valence-corrected chi connectivity index (χ1v) is 3.45. The Kier molecular flexibility index (Phi) is 9.80. The van der Waals surface area contributed by atoms with Crippen molar-refractivity contribution in [1.29, 1.82) is 0 Å². The molecule has 0 amide bonds. The van der Waals surface area contributed by atoms with E-state index in [1.165, 1.54) is 19.8 Å². The first-order chi connectivity index (χ1) is 4.56. The zero-order valence-electron chi connectivity index (χ0n) is 6.98. The van der Waals surface area contributed by atoms with E-state index in [0.29, 0.717) is 0 Å². The predicted molar refractivity (Wildman–Crippen MR) is 43.0 cm³/mol. The van der Waals surface area contributed by atoms with Crippen LogP contribution in [0.5, 0.6) is 0 Å². The lowest BCUT2D eigenvalue weighted by molar-refractivity contribution is -0.132. The summed E-state index contributed by atoms with van der Waals surface area (Å²) in [5.74, 6) is -0.935. The molecule has 0 atom stereocenters. The molecule has 0 saturated carbocycles. The molecular formula is C8H16O2. The van der Waals surface area contributed by atoms with Crippen molar-refractivity contribution < 1.29 is 9.90 Å². The Morgan fingerprint density at radius 3 is 1.60 bits per heavy atom. The predicted octanol–water partition coefficient (Wildman–Crippen LogP) is 2.45. The Morgan fingerprint density at radius 2 is 1.60 bits per heavy atom. The van der Waals surface area contributed by atoms with Crippen molar-refractivity contribution in [2.75, 3.05) is 0 Å². The van der Waals surface area contributed by atoms with Crippen molar-refractivity contribution in [3.05, 3.63) is 12.2 Å². The van der Waals surface area contributed by atoms with Gasteiger partial charge in [0.15, 0.2) is 0 Å². The Hall–Kier alpha value is -0.790. The summed E-state index contributed by atoms with van der Waals surface area (Å²) in [6.45, 7) is 8.96. The molecule has 1 N–H and O–H groups in total. The van der Waals surface area contributed by atoms with Gasteiger partial charge in [0, 0.05) is 5.57 Å². The lowest BCUT2D eigenvalue weighted by Crippen LogP contribution is -1.92. The van der Waals surface area contributed by atoms with E-state index in [9.17, 15) is 4.79 Å². The maximum absolute atomic E-state index is 9.60. The summed E-state index contributed by atoms with van der Waals surface area (Å²) in [4.78, 5) is 9.60. The van der Waals surface area contributed by atoms with Crippen LogP contribution in [0.1, 0.15) is 33.6 Å². The number of carbonyl (C=O) groups is 1. The lowest BCUT2D eigenvalue weighted by Gasteiger charge is -1.79. The molecule has 0 bridgehead atoms. The molecule has 0 heterocycles. The molecule has 2 nitrogen and oxygen atoms in total. The van der Waals surface area contributed by atoms with Crippen LogP contribution in [-0.4, -0.2) is 11.1 Å². The number of hydrogen-bond donors (Lipinski definition) is 1. The van der Waals surface area contributed by atoms with Crippen LogP contribution >= 0.6 is 0 Å². The molecule has 0 saturated heterocycles. The van der Waals surface area contributed by atoms with Gasteiger partial charge in [-0.1, -0.05) is 33.3 Å². The summed E-state index contributed by atoms with van der Waals surface area (Å²) >= 11 is 0. The number of aliphatic carboxylic acids is 1. The van der Waals surface area contributed by atoms with E-state index in [1.807, 2.05) is 0 Å². The summed E-state index contributed by atoms with van der Waals surface area (Å²) in [6, 6.07) is 0. The zero-order chi connectivity index (χ0) is 8.57. The van der Waals surface area contributed by atoms with Gasteiger partial charge in [-0.15, -0.1) is 0 Å². The summed E-state index contributed by atoms with van der Waals surface area (Å²) in [7, 11) is 0. The van der Waals surface area contributed by atoms with Crippen LogP contribution in [0.15, 0.2) is 12.2 Å². The van der Waals surface area contributed by atoms with E-state index in [-0.39, 0.29) is 5.57 Å². The van der Waals surface area contributed by atoms with E-state index in [0.717, 1.165) is 0 Å². The SMILES string of the molecule is C=C(C)C(=O)O.CCCC. The molecule has 0 rings (SSSR count). The van der Waals surface area contributed by atoms with Gasteiger partial charge in [0.2, 0.25) is 0 Å². The number of carboxylic acids is 1. The average Bonchev–Trinajstić information content (AvgIpc) is 1.89. The molecule has 0 aromatic rings. The molecule has 0 fully saturated rings. The number of unbranched alkanes of at least 4 members (excludes halogenated alkanes) is 1. The third kappa shape index (κ3) is 15.7. The van der Waals surface area contributed by atoms with Gasteiger partial charge in [0.1, 0.15) is 0 Å². The second kappa shape index (κ2) is 8.21. The highest BCUT2D eigenvalue weighted by Crippen LogP contribution is 1.81. The molecule has 0 aliphatic carbocycles. The molecule has 0 aliphatic rings. The minimum Gasteiger partial charge on any atom is -0.478 e. The third-order valence-corrected chi connectivity index (χ3v) is 0.865. The van der Waals surface area contributed by atoms with Crippen molar-refractivity contribution in [2.45, 2.75) is 33.6 Å². The summed E-state index contributed by atoms with van der Waals surface area (Å²) in [5, 5.41) is 7.89. The van der Waals surface area contributed by atoms with Gasteiger partial charge < -0.3 is 5.11 Å². The molecule has 0 aromatic carbocycles.